The standard InChI is InChI=1S/C35H30N4O21S6/c40-33(38-27-13-23(61(43,44)45)9-19-11-25(63(49,50)51)15-29(31(19)27)65(55,56)57)17-3-1-5-21(7-17)36-35(42)37-22-6-2-4-18(8-22)34(41)39-28-14-24(62(46,47)48)10-20-12-26(64(52,53)54)16-30(32(20)28)66(58,59)60/h1-8,11-16,29-32H,9-10H2,(H2,36,37,42)(H,43,44,45)(H,46,47,48)(H,49,50,51)(H,52,53,54)(H,55,56,57)(H,58,59,60). The van der Waals surface area contributed by atoms with E-state index in [0.717, 1.165) is 24.3 Å². The van der Waals surface area contributed by atoms with Crippen LogP contribution < -0.4 is 10.6 Å². The molecule has 6 rings (SSSR count). The van der Waals surface area contributed by atoms with Crippen molar-refractivity contribution in [3.63, 3.8) is 0 Å². The van der Waals surface area contributed by atoms with Crippen LogP contribution in [0, 0.1) is 11.8 Å². The lowest BCUT2D eigenvalue weighted by Gasteiger charge is -2.32. The molecule has 31 heteroatoms. The molecule has 4 aliphatic rings. The second-order valence-electron chi connectivity index (χ2n) is 14.4. The summed E-state index contributed by atoms with van der Waals surface area (Å²) in [5.41, 5.74) is -3.03. The van der Waals surface area contributed by atoms with Crippen molar-refractivity contribution in [1.29, 1.82) is 0 Å². The van der Waals surface area contributed by atoms with E-state index in [1.165, 1.54) is 24.3 Å². The van der Waals surface area contributed by atoms with Crippen molar-refractivity contribution < 1.29 is 92.2 Å². The first kappa shape index (κ1) is 49.7. The fourth-order valence-electron chi connectivity index (χ4n) is 7.12. The van der Waals surface area contributed by atoms with E-state index in [1.54, 1.807) is 0 Å². The van der Waals surface area contributed by atoms with Crippen LogP contribution in [0.3, 0.4) is 0 Å². The second-order valence-corrected chi connectivity index (χ2v) is 23.3. The van der Waals surface area contributed by atoms with E-state index in [4.69, 9.17) is 0 Å². The summed E-state index contributed by atoms with van der Waals surface area (Å²) in [6.45, 7) is 0. The Labute approximate surface area is 374 Å². The van der Waals surface area contributed by atoms with Gasteiger partial charge in [0.1, 0.15) is 10.5 Å². The Balaban J connectivity index is 1.25. The van der Waals surface area contributed by atoms with Crippen LogP contribution in [0.4, 0.5) is 16.2 Å². The zero-order valence-corrected chi connectivity index (χ0v) is 37.4. The summed E-state index contributed by atoms with van der Waals surface area (Å²) in [4.78, 5) is 43.8. The van der Waals surface area contributed by atoms with Crippen molar-refractivity contribution in [3.8, 4) is 0 Å². The number of aliphatic imine (C=N–C) groups is 2. The van der Waals surface area contributed by atoms with Gasteiger partial charge >= 0.3 is 6.03 Å². The minimum absolute atomic E-state index is 0.112. The van der Waals surface area contributed by atoms with E-state index in [2.05, 4.69) is 20.6 Å². The van der Waals surface area contributed by atoms with Gasteiger partial charge in [-0.1, -0.05) is 23.3 Å². The number of nitrogens with zero attached hydrogens (tertiary/aromatic N) is 2. The van der Waals surface area contributed by atoms with Gasteiger partial charge in [0, 0.05) is 47.2 Å². The average Bonchev–Trinajstić information content (AvgIpc) is 3.17. The third-order valence-electron chi connectivity index (χ3n) is 9.92. The number of hydrogen-bond acceptors (Lipinski definition) is 15. The van der Waals surface area contributed by atoms with Gasteiger partial charge in [-0.2, -0.15) is 50.5 Å². The first-order chi connectivity index (χ1) is 30.2. The summed E-state index contributed by atoms with van der Waals surface area (Å²) in [6.07, 6.45) is 1.91. The number of carbonyl (C=O) groups excluding carboxylic acids is 3. The number of urea groups is 1. The highest BCUT2D eigenvalue weighted by atomic mass is 32.2. The molecule has 2 aromatic rings. The van der Waals surface area contributed by atoms with Crippen molar-refractivity contribution in [2.24, 2.45) is 21.8 Å². The van der Waals surface area contributed by atoms with Gasteiger partial charge in [0.25, 0.3) is 72.5 Å². The van der Waals surface area contributed by atoms with Crippen molar-refractivity contribution in [2.45, 2.75) is 23.3 Å². The fraction of sp³-hybridized carbons (Fsp3) is 0.171. The number of fused-ring (bicyclic) bond motifs is 2. The predicted molar refractivity (Wildman–Crippen MR) is 231 cm³/mol. The number of nitrogens with one attached hydrogen (secondary N) is 2. The molecule has 4 aliphatic carbocycles. The molecule has 0 aliphatic heterocycles. The molecule has 0 radical (unpaired) electrons. The lowest BCUT2D eigenvalue weighted by atomic mass is 9.81. The van der Waals surface area contributed by atoms with Gasteiger partial charge in [0.05, 0.1) is 31.0 Å². The van der Waals surface area contributed by atoms with E-state index >= 15 is 0 Å². The topological polar surface area (TPSA) is 426 Å². The second kappa shape index (κ2) is 17.5. The number of hydrogen-bond donors (Lipinski definition) is 8. The molecule has 0 fully saturated rings. The average molecular weight is 1040 g/mol. The van der Waals surface area contributed by atoms with Gasteiger partial charge in [-0.3, -0.25) is 36.9 Å². The summed E-state index contributed by atoms with van der Waals surface area (Å²) in [6, 6.07) is 8.41. The van der Waals surface area contributed by atoms with Crippen molar-refractivity contribution in [1.82, 2.24) is 0 Å². The summed E-state index contributed by atoms with van der Waals surface area (Å²) >= 11 is 0. The van der Waals surface area contributed by atoms with Crippen LogP contribution in [0.15, 0.2) is 126 Å². The maximum absolute atomic E-state index is 13.5. The van der Waals surface area contributed by atoms with Crippen LogP contribution in [0.25, 0.3) is 0 Å². The minimum atomic E-state index is -5.25. The molecular formula is C35H30N4O21S6. The Morgan fingerprint density at radius 1 is 0.500 bits per heavy atom. The lowest BCUT2D eigenvalue weighted by molar-refractivity contribution is 0.0994. The normalized spacial score (nSPS) is 22.9. The molecule has 0 saturated heterocycles. The Morgan fingerprint density at radius 2 is 0.848 bits per heavy atom. The zero-order valence-electron chi connectivity index (χ0n) is 32.5. The van der Waals surface area contributed by atoms with Crippen molar-refractivity contribution >= 4 is 101 Å². The summed E-state index contributed by atoms with van der Waals surface area (Å²) in [7, 11) is -30.9. The third kappa shape index (κ3) is 11.3. The van der Waals surface area contributed by atoms with Gasteiger partial charge in [-0.15, -0.1) is 0 Å². The number of rotatable bonds is 10. The predicted octanol–water partition coefficient (Wildman–Crippen LogP) is 2.01. The Hall–Kier alpha value is -5.71. The smallest absolute Gasteiger partial charge is 0.308 e. The molecule has 0 spiro atoms. The number of carbonyl (C=O) groups is 3. The summed E-state index contributed by atoms with van der Waals surface area (Å²) in [5, 5.41) is 0.290. The van der Waals surface area contributed by atoms with Gasteiger partial charge in [0.2, 0.25) is 0 Å². The lowest BCUT2D eigenvalue weighted by Crippen LogP contribution is -2.39. The Bertz CT molecular complexity index is 3260. The monoisotopic (exact) mass is 1030 g/mol. The Morgan fingerprint density at radius 3 is 1.15 bits per heavy atom. The maximum Gasteiger partial charge on any atom is 0.323 e. The molecule has 2 aromatic carbocycles. The summed E-state index contributed by atoms with van der Waals surface area (Å²) in [5.74, 6) is -5.83. The van der Waals surface area contributed by atoms with E-state index < -0.39 is 156 Å². The number of allylic oxidation sites excluding steroid dienone is 8. The molecule has 0 saturated carbocycles. The third-order valence-corrected chi connectivity index (χ3v) is 15.7. The molecule has 25 nitrogen and oxygen atoms in total. The SMILES string of the molecule is O=C(Nc1cccc(C(=O)N=C2C=C(S(=O)(=O)O)CC3=CC(S(=O)(=O)O)=CC(S(=O)(=O)O)C32)c1)Nc1cccc(C(=O)N=C2C=C(S(=O)(=O)O)CC3=CC(S(=O)(=O)O)=CC(S(=O)(=O)O)C32)c1. The van der Waals surface area contributed by atoms with Gasteiger partial charge in [-0.05, 0) is 72.9 Å². The van der Waals surface area contributed by atoms with Crippen LogP contribution in [0.2, 0.25) is 0 Å². The molecule has 4 unspecified atom stereocenters. The van der Waals surface area contributed by atoms with Crippen LogP contribution >= 0.6 is 0 Å². The van der Waals surface area contributed by atoms with Gasteiger partial charge in [-0.25, -0.2) is 14.8 Å². The van der Waals surface area contributed by atoms with E-state index in [0.29, 0.717) is 36.5 Å². The minimum Gasteiger partial charge on any atom is -0.308 e. The molecule has 66 heavy (non-hydrogen) atoms. The fourth-order valence-corrected chi connectivity index (χ4v) is 11.7. The highest BCUT2D eigenvalue weighted by Gasteiger charge is 2.45. The number of benzene rings is 2. The zero-order chi connectivity index (χ0) is 49.1. The quantitative estimate of drug-likeness (QED) is 0.158. The highest BCUT2D eigenvalue weighted by Crippen LogP contribution is 2.41. The molecule has 0 aromatic heterocycles. The van der Waals surface area contributed by atoms with Crippen LogP contribution in [0.5, 0.6) is 0 Å². The van der Waals surface area contributed by atoms with Gasteiger partial charge < -0.3 is 10.6 Å². The molecule has 0 heterocycles. The van der Waals surface area contributed by atoms with Crippen LogP contribution in [-0.2, 0) is 60.7 Å². The van der Waals surface area contributed by atoms with Crippen LogP contribution in [-0.4, -0.2) is 118 Å². The van der Waals surface area contributed by atoms with E-state index in [9.17, 15) is 92.2 Å². The molecule has 8 N–H and O–H groups in total. The molecule has 4 amide bonds. The highest BCUT2D eigenvalue weighted by molar-refractivity contribution is 7.91. The van der Waals surface area contributed by atoms with Crippen molar-refractivity contribution in [2.75, 3.05) is 10.6 Å². The van der Waals surface area contributed by atoms with Crippen molar-refractivity contribution in [3.05, 3.63) is 127 Å². The summed E-state index contributed by atoms with van der Waals surface area (Å²) < 4.78 is 204. The van der Waals surface area contributed by atoms with Crippen LogP contribution in [0.1, 0.15) is 33.6 Å². The number of amides is 4. The largest absolute Gasteiger partial charge is 0.323 e. The van der Waals surface area contributed by atoms with E-state index in [1.807, 2.05) is 0 Å². The van der Waals surface area contributed by atoms with E-state index in [-0.39, 0.29) is 22.5 Å². The first-order valence-corrected chi connectivity index (χ1v) is 26.6. The van der Waals surface area contributed by atoms with Gasteiger partial charge in [0.15, 0.2) is 0 Å². The molecule has 352 valence electrons. The first-order valence-electron chi connectivity index (χ1n) is 17.8. The Kier molecular flexibility index (Phi) is 13.2. The molecule has 0 bridgehead atoms. The maximum atomic E-state index is 13.5. The number of anilines is 2. The molecular weight excluding hydrogens is 1000 g/mol. The molecule has 4 atom stereocenters.